The minimum atomic E-state index is -0.148. The van der Waals surface area contributed by atoms with Crippen LogP contribution in [0.4, 0.5) is 0 Å². The van der Waals surface area contributed by atoms with E-state index in [0.29, 0.717) is 13.0 Å². The van der Waals surface area contributed by atoms with Crippen LogP contribution in [0.5, 0.6) is 0 Å². The number of benzene rings is 2. The van der Waals surface area contributed by atoms with Crippen LogP contribution in [0.1, 0.15) is 44.7 Å². The van der Waals surface area contributed by atoms with Crippen LogP contribution in [-0.2, 0) is 17.9 Å². The van der Waals surface area contributed by atoms with Gasteiger partial charge in [0.1, 0.15) is 5.78 Å². The molecule has 2 aromatic carbocycles. The maximum atomic E-state index is 12.4. The van der Waals surface area contributed by atoms with Crippen LogP contribution in [0.2, 0.25) is 0 Å². The Labute approximate surface area is 181 Å². The minimum absolute atomic E-state index is 0.00300. The van der Waals surface area contributed by atoms with Crippen molar-refractivity contribution >= 4 is 5.78 Å². The lowest BCUT2D eigenvalue weighted by molar-refractivity contribution is -0.122. The van der Waals surface area contributed by atoms with E-state index in [1.807, 2.05) is 48.5 Å². The largest absolute Gasteiger partial charge is 0.395 e. The fraction of sp³-hybridized carbons (Fsp3) is 0.480. The van der Waals surface area contributed by atoms with Crippen molar-refractivity contribution in [2.24, 2.45) is 11.1 Å². The molecular formula is C25H37N3O2. The summed E-state index contributed by atoms with van der Waals surface area (Å²) >= 11 is 0. The van der Waals surface area contributed by atoms with Gasteiger partial charge in [-0.1, -0.05) is 81.4 Å². The van der Waals surface area contributed by atoms with Gasteiger partial charge in [0, 0.05) is 31.6 Å². The van der Waals surface area contributed by atoms with Gasteiger partial charge in [-0.05, 0) is 23.0 Å². The third kappa shape index (κ3) is 8.36. The van der Waals surface area contributed by atoms with E-state index in [1.54, 1.807) is 0 Å². The molecule has 0 spiro atoms. The van der Waals surface area contributed by atoms with Crippen molar-refractivity contribution in [1.82, 2.24) is 10.6 Å². The van der Waals surface area contributed by atoms with Crippen molar-refractivity contribution < 1.29 is 9.90 Å². The van der Waals surface area contributed by atoms with Gasteiger partial charge in [0.15, 0.2) is 0 Å². The number of rotatable bonds is 7. The molecule has 30 heavy (non-hydrogen) atoms. The molecule has 1 saturated heterocycles. The number of nitrogens with one attached hydrogen (secondary N) is 2. The zero-order chi connectivity index (χ0) is 22.0. The number of carbonyl (C=O) groups excluding carboxylic acids is 1. The average Bonchev–Trinajstić information content (AvgIpc) is 3.16. The summed E-state index contributed by atoms with van der Waals surface area (Å²) in [5, 5.41) is 16.3. The molecule has 3 rings (SSSR count). The Morgan fingerprint density at radius 1 is 1.07 bits per heavy atom. The van der Waals surface area contributed by atoms with Crippen molar-refractivity contribution in [3.05, 3.63) is 71.8 Å². The Morgan fingerprint density at radius 3 is 2.10 bits per heavy atom. The zero-order valence-electron chi connectivity index (χ0n) is 18.5. The molecule has 5 nitrogen and oxygen atoms in total. The maximum Gasteiger partial charge on any atom is 0.150 e. The summed E-state index contributed by atoms with van der Waals surface area (Å²) in [7, 11) is 0. The van der Waals surface area contributed by atoms with E-state index in [4.69, 9.17) is 5.73 Å². The van der Waals surface area contributed by atoms with Crippen LogP contribution < -0.4 is 16.4 Å². The second-order valence-electron chi connectivity index (χ2n) is 9.11. The summed E-state index contributed by atoms with van der Waals surface area (Å²) in [6.07, 6.45) is 1.31. The van der Waals surface area contributed by atoms with Gasteiger partial charge in [-0.15, -0.1) is 0 Å². The number of nitrogens with two attached hydrogens (primary N) is 1. The van der Waals surface area contributed by atoms with Gasteiger partial charge in [-0.25, -0.2) is 0 Å². The number of aliphatic hydroxyl groups excluding tert-OH is 1. The van der Waals surface area contributed by atoms with Crippen molar-refractivity contribution in [2.75, 3.05) is 6.61 Å². The summed E-state index contributed by atoms with van der Waals surface area (Å²) in [5.41, 5.74) is 7.75. The fourth-order valence-corrected chi connectivity index (χ4v) is 3.60. The molecule has 1 heterocycles. The van der Waals surface area contributed by atoms with Crippen molar-refractivity contribution in [3.63, 3.8) is 0 Å². The predicted octanol–water partition coefficient (Wildman–Crippen LogP) is 3.02. The lowest BCUT2D eigenvalue weighted by Gasteiger charge is -2.20. The van der Waals surface area contributed by atoms with E-state index in [9.17, 15) is 9.90 Å². The average molecular weight is 412 g/mol. The molecule has 5 N–H and O–H groups in total. The van der Waals surface area contributed by atoms with Crippen molar-refractivity contribution in [1.29, 1.82) is 0 Å². The summed E-state index contributed by atoms with van der Waals surface area (Å²) in [5.74, 6) is 0.245. The smallest absolute Gasteiger partial charge is 0.150 e. The number of ketones is 1. The molecule has 0 amide bonds. The van der Waals surface area contributed by atoms with Crippen LogP contribution >= 0.6 is 0 Å². The highest BCUT2D eigenvalue weighted by atomic mass is 16.3. The van der Waals surface area contributed by atoms with Crippen LogP contribution in [0.15, 0.2) is 60.7 Å². The molecule has 0 radical (unpaired) electrons. The molecular weight excluding hydrogens is 374 g/mol. The van der Waals surface area contributed by atoms with E-state index in [0.717, 1.165) is 13.0 Å². The molecule has 0 aromatic heterocycles. The first kappa shape index (κ1) is 24.2. The third-order valence-corrected chi connectivity index (χ3v) is 5.17. The first-order chi connectivity index (χ1) is 14.3. The second kappa shape index (κ2) is 12.0. The van der Waals surface area contributed by atoms with Gasteiger partial charge in [-0.2, -0.15) is 0 Å². The third-order valence-electron chi connectivity index (χ3n) is 5.17. The van der Waals surface area contributed by atoms with Crippen LogP contribution in [0, 0.1) is 5.41 Å². The second-order valence-corrected chi connectivity index (χ2v) is 9.11. The topological polar surface area (TPSA) is 87.4 Å². The predicted molar refractivity (Wildman–Crippen MR) is 123 cm³/mol. The molecule has 3 atom stereocenters. The maximum absolute atomic E-state index is 12.4. The summed E-state index contributed by atoms with van der Waals surface area (Å²) in [6.45, 7) is 7.67. The van der Waals surface area contributed by atoms with E-state index in [1.165, 1.54) is 11.1 Å². The minimum Gasteiger partial charge on any atom is -0.395 e. The molecule has 2 aromatic rings. The Balaban J connectivity index is 0.000000335. The number of carbonyl (C=O) groups is 1. The van der Waals surface area contributed by atoms with E-state index >= 15 is 0 Å². The number of Topliss-reactive ketones (excluding diaryl/α,β-unsaturated/α-hetero) is 1. The molecule has 5 heteroatoms. The van der Waals surface area contributed by atoms with Crippen LogP contribution in [0.25, 0.3) is 0 Å². The van der Waals surface area contributed by atoms with Crippen molar-refractivity contribution in [2.45, 2.75) is 64.8 Å². The summed E-state index contributed by atoms with van der Waals surface area (Å²) in [6, 6.07) is 20.1. The zero-order valence-corrected chi connectivity index (χ0v) is 18.5. The standard InChI is InChI=1S/C18H28N2O2.C7H9N/c1-18(2,3)10-17(22)15-9-14(16(12-21)20-15)19-11-13-7-5-4-6-8-13;8-6-7-4-2-1-3-5-7/h4-8,14-16,19-21H,9-12H2,1-3H3;1-5H,6,8H2. The van der Waals surface area contributed by atoms with Gasteiger partial charge in [0.25, 0.3) is 0 Å². The lowest BCUT2D eigenvalue weighted by Crippen LogP contribution is -2.44. The molecule has 0 saturated carbocycles. The highest BCUT2D eigenvalue weighted by Crippen LogP contribution is 2.23. The molecule has 164 valence electrons. The van der Waals surface area contributed by atoms with Gasteiger partial charge >= 0.3 is 0 Å². The Kier molecular flexibility index (Phi) is 9.66. The van der Waals surface area contributed by atoms with E-state index in [2.05, 4.69) is 43.5 Å². The molecule has 0 aliphatic carbocycles. The highest BCUT2D eigenvalue weighted by molar-refractivity contribution is 5.85. The first-order valence-corrected chi connectivity index (χ1v) is 10.7. The Bertz CT molecular complexity index is 744. The highest BCUT2D eigenvalue weighted by Gasteiger charge is 2.37. The molecule has 0 bridgehead atoms. The molecule has 1 aliphatic rings. The number of hydrogen-bond acceptors (Lipinski definition) is 5. The van der Waals surface area contributed by atoms with Crippen LogP contribution in [-0.4, -0.2) is 35.6 Å². The number of aliphatic hydroxyl groups is 1. The number of hydrogen-bond donors (Lipinski definition) is 4. The molecule has 1 aliphatic heterocycles. The van der Waals surface area contributed by atoms with Gasteiger partial charge in [-0.3, -0.25) is 4.79 Å². The van der Waals surface area contributed by atoms with Gasteiger partial charge < -0.3 is 21.5 Å². The van der Waals surface area contributed by atoms with Crippen LogP contribution in [0.3, 0.4) is 0 Å². The first-order valence-electron chi connectivity index (χ1n) is 10.7. The monoisotopic (exact) mass is 411 g/mol. The van der Waals surface area contributed by atoms with Crippen molar-refractivity contribution in [3.8, 4) is 0 Å². The quantitative estimate of drug-likeness (QED) is 0.563. The molecule has 3 unspecified atom stereocenters. The Hall–Kier alpha value is -2.05. The summed E-state index contributed by atoms with van der Waals surface area (Å²) in [4.78, 5) is 12.4. The van der Waals surface area contributed by atoms with Gasteiger partial charge in [0.05, 0.1) is 12.6 Å². The normalized spacial score (nSPS) is 21.0. The van der Waals surface area contributed by atoms with E-state index < -0.39 is 0 Å². The van der Waals surface area contributed by atoms with E-state index in [-0.39, 0.29) is 35.9 Å². The van der Waals surface area contributed by atoms with Gasteiger partial charge in [0.2, 0.25) is 0 Å². The summed E-state index contributed by atoms with van der Waals surface area (Å²) < 4.78 is 0. The fourth-order valence-electron chi connectivity index (χ4n) is 3.60. The molecule has 1 fully saturated rings. The lowest BCUT2D eigenvalue weighted by atomic mass is 9.87. The Morgan fingerprint density at radius 2 is 1.63 bits per heavy atom. The SMILES string of the molecule is CC(C)(C)CC(=O)C1CC(NCc2ccccc2)C(CO)N1.NCc1ccccc1.